The van der Waals surface area contributed by atoms with Gasteiger partial charge in [-0.3, -0.25) is 9.48 Å². The Labute approximate surface area is 107 Å². The molecule has 2 rings (SSSR count). The average molecular weight is 259 g/mol. The van der Waals surface area contributed by atoms with Crippen molar-refractivity contribution in [1.82, 2.24) is 20.4 Å². The van der Waals surface area contributed by atoms with Gasteiger partial charge in [-0.25, -0.2) is 0 Å². The van der Waals surface area contributed by atoms with Gasteiger partial charge in [0.15, 0.2) is 0 Å². The van der Waals surface area contributed by atoms with Crippen LogP contribution in [0.1, 0.15) is 23.3 Å². The quantitative estimate of drug-likeness (QED) is 0.834. The number of aryl methyl sites for hydroxylation is 1. The van der Waals surface area contributed by atoms with E-state index in [1.807, 2.05) is 0 Å². The molecule has 1 unspecified atom stereocenters. The van der Waals surface area contributed by atoms with Crippen molar-refractivity contribution in [3.63, 3.8) is 0 Å². The summed E-state index contributed by atoms with van der Waals surface area (Å²) in [5, 5.41) is 10.3. The molecule has 2 N–H and O–H groups in total. The molecule has 0 bridgehead atoms. The van der Waals surface area contributed by atoms with Crippen LogP contribution in [0.5, 0.6) is 0 Å². The minimum atomic E-state index is -0.0365. The summed E-state index contributed by atoms with van der Waals surface area (Å²) in [5.41, 5.74) is 0.615. The highest BCUT2D eigenvalue weighted by Gasteiger charge is 2.15. The first-order valence-electron chi connectivity index (χ1n) is 5.74. The molecular formula is C11H19ClN4O. The highest BCUT2D eigenvalue weighted by Crippen LogP contribution is 2.08. The Hall–Kier alpha value is -1.07. The minimum Gasteiger partial charge on any atom is -0.350 e. The van der Waals surface area contributed by atoms with Gasteiger partial charge in [0.05, 0.1) is 0 Å². The zero-order valence-electron chi connectivity index (χ0n) is 9.98. The average Bonchev–Trinajstić information content (AvgIpc) is 2.74. The van der Waals surface area contributed by atoms with Gasteiger partial charge in [0.25, 0.3) is 5.91 Å². The molecule has 1 aliphatic rings. The lowest BCUT2D eigenvalue weighted by Gasteiger charge is -2.22. The third-order valence-corrected chi connectivity index (χ3v) is 3.00. The Kier molecular flexibility index (Phi) is 5.44. The van der Waals surface area contributed by atoms with Crippen molar-refractivity contribution in [2.24, 2.45) is 13.0 Å². The Bertz CT molecular complexity index is 360. The number of piperidine rings is 1. The van der Waals surface area contributed by atoms with Gasteiger partial charge < -0.3 is 10.6 Å². The standard InChI is InChI=1S/C11H18N4O.ClH/c1-15-10(4-6-14-15)11(16)13-8-9-3-2-5-12-7-9;/h4,6,9,12H,2-3,5,7-8H2,1H3,(H,13,16);1H. The number of nitrogens with zero attached hydrogens (tertiary/aromatic N) is 2. The molecule has 1 aliphatic heterocycles. The number of hydrogen-bond donors (Lipinski definition) is 2. The summed E-state index contributed by atoms with van der Waals surface area (Å²) in [4.78, 5) is 11.8. The van der Waals surface area contributed by atoms with Crippen LogP contribution in [-0.4, -0.2) is 35.3 Å². The fraction of sp³-hybridized carbons (Fsp3) is 0.636. The Balaban J connectivity index is 0.00000144. The predicted octanol–water partition coefficient (Wildman–Crippen LogP) is 0.571. The zero-order valence-corrected chi connectivity index (χ0v) is 10.8. The highest BCUT2D eigenvalue weighted by atomic mass is 35.5. The van der Waals surface area contributed by atoms with Gasteiger partial charge in [0, 0.05) is 19.8 Å². The van der Waals surface area contributed by atoms with Gasteiger partial charge in [0.2, 0.25) is 0 Å². The molecule has 1 saturated heterocycles. The van der Waals surface area contributed by atoms with Crippen molar-refractivity contribution in [2.75, 3.05) is 19.6 Å². The molecule has 0 spiro atoms. The van der Waals surface area contributed by atoms with Crippen LogP contribution in [0.4, 0.5) is 0 Å². The number of nitrogens with one attached hydrogen (secondary N) is 2. The van der Waals surface area contributed by atoms with Crippen LogP contribution in [-0.2, 0) is 7.05 Å². The van der Waals surface area contributed by atoms with Crippen molar-refractivity contribution in [2.45, 2.75) is 12.8 Å². The van der Waals surface area contributed by atoms with E-state index in [1.165, 1.54) is 12.8 Å². The minimum absolute atomic E-state index is 0. The smallest absolute Gasteiger partial charge is 0.269 e. The topological polar surface area (TPSA) is 59.0 Å². The molecule has 0 aliphatic carbocycles. The fourth-order valence-corrected chi connectivity index (χ4v) is 2.02. The summed E-state index contributed by atoms with van der Waals surface area (Å²) in [6, 6.07) is 1.73. The van der Waals surface area contributed by atoms with Gasteiger partial charge >= 0.3 is 0 Å². The second-order valence-electron chi connectivity index (χ2n) is 4.26. The molecule has 1 aromatic heterocycles. The maximum Gasteiger partial charge on any atom is 0.269 e. The van der Waals surface area contributed by atoms with Gasteiger partial charge in [-0.1, -0.05) is 0 Å². The van der Waals surface area contributed by atoms with Crippen LogP contribution in [0.3, 0.4) is 0 Å². The van der Waals surface area contributed by atoms with E-state index >= 15 is 0 Å². The molecule has 0 saturated carbocycles. The molecule has 96 valence electrons. The van der Waals surface area contributed by atoms with Gasteiger partial charge in [-0.2, -0.15) is 5.10 Å². The second kappa shape index (κ2) is 6.61. The lowest BCUT2D eigenvalue weighted by molar-refractivity contribution is 0.0935. The first kappa shape index (κ1) is 14.0. The van der Waals surface area contributed by atoms with Crippen molar-refractivity contribution >= 4 is 18.3 Å². The third-order valence-electron chi connectivity index (χ3n) is 3.00. The molecule has 1 amide bonds. The SMILES string of the molecule is Cl.Cn1nccc1C(=O)NCC1CCCNC1. The largest absolute Gasteiger partial charge is 0.350 e. The van der Waals surface area contributed by atoms with E-state index in [0.29, 0.717) is 11.6 Å². The molecule has 1 atom stereocenters. The van der Waals surface area contributed by atoms with E-state index in [2.05, 4.69) is 15.7 Å². The number of halogens is 1. The lowest BCUT2D eigenvalue weighted by atomic mass is 10.00. The fourth-order valence-electron chi connectivity index (χ4n) is 2.02. The lowest BCUT2D eigenvalue weighted by Crippen LogP contribution is -2.38. The maximum absolute atomic E-state index is 11.8. The predicted molar refractivity (Wildman–Crippen MR) is 68.4 cm³/mol. The Morgan fingerprint density at radius 2 is 2.53 bits per heavy atom. The highest BCUT2D eigenvalue weighted by molar-refractivity contribution is 5.92. The van der Waals surface area contributed by atoms with E-state index in [9.17, 15) is 4.79 Å². The van der Waals surface area contributed by atoms with Crippen LogP contribution in [0, 0.1) is 5.92 Å². The molecule has 5 nitrogen and oxygen atoms in total. The van der Waals surface area contributed by atoms with E-state index in [0.717, 1.165) is 19.6 Å². The number of hydrogen-bond acceptors (Lipinski definition) is 3. The summed E-state index contributed by atoms with van der Waals surface area (Å²) < 4.78 is 1.59. The van der Waals surface area contributed by atoms with E-state index < -0.39 is 0 Å². The van der Waals surface area contributed by atoms with Crippen molar-refractivity contribution in [1.29, 1.82) is 0 Å². The third kappa shape index (κ3) is 3.71. The molecular weight excluding hydrogens is 240 g/mol. The molecule has 17 heavy (non-hydrogen) atoms. The van der Waals surface area contributed by atoms with E-state index in [1.54, 1.807) is 24.0 Å². The Morgan fingerprint density at radius 3 is 3.12 bits per heavy atom. The first-order valence-corrected chi connectivity index (χ1v) is 5.74. The summed E-state index contributed by atoms with van der Waals surface area (Å²) in [6.45, 7) is 2.86. The van der Waals surface area contributed by atoms with Crippen LogP contribution < -0.4 is 10.6 Å². The van der Waals surface area contributed by atoms with Gasteiger partial charge in [-0.05, 0) is 37.9 Å². The normalized spacial score (nSPS) is 19.5. The number of carbonyl (C=O) groups excluding carboxylic acids is 1. The van der Waals surface area contributed by atoms with E-state index in [-0.39, 0.29) is 18.3 Å². The summed E-state index contributed by atoms with van der Waals surface area (Å²) in [7, 11) is 1.77. The number of carbonyl (C=O) groups is 1. The molecule has 0 aromatic carbocycles. The van der Waals surface area contributed by atoms with Crippen LogP contribution in [0.25, 0.3) is 0 Å². The second-order valence-corrected chi connectivity index (χ2v) is 4.26. The maximum atomic E-state index is 11.8. The molecule has 1 aromatic rings. The number of rotatable bonds is 3. The van der Waals surface area contributed by atoms with Crippen molar-refractivity contribution < 1.29 is 4.79 Å². The van der Waals surface area contributed by atoms with Gasteiger partial charge in [0.1, 0.15) is 5.69 Å². The van der Waals surface area contributed by atoms with Crippen molar-refractivity contribution in [3.05, 3.63) is 18.0 Å². The zero-order chi connectivity index (χ0) is 11.4. The summed E-state index contributed by atoms with van der Waals surface area (Å²) >= 11 is 0. The Morgan fingerprint density at radius 1 is 1.71 bits per heavy atom. The first-order chi connectivity index (χ1) is 7.77. The summed E-state index contributed by atoms with van der Waals surface area (Å²) in [6.07, 6.45) is 4.03. The van der Waals surface area contributed by atoms with Crippen molar-refractivity contribution in [3.8, 4) is 0 Å². The van der Waals surface area contributed by atoms with E-state index in [4.69, 9.17) is 0 Å². The van der Waals surface area contributed by atoms with Crippen LogP contribution in [0.15, 0.2) is 12.3 Å². The van der Waals surface area contributed by atoms with Gasteiger partial charge in [-0.15, -0.1) is 12.4 Å². The number of amides is 1. The van der Waals surface area contributed by atoms with Crippen LogP contribution >= 0.6 is 12.4 Å². The monoisotopic (exact) mass is 258 g/mol. The number of aromatic nitrogens is 2. The molecule has 0 radical (unpaired) electrons. The summed E-state index contributed by atoms with van der Waals surface area (Å²) in [5.74, 6) is 0.525. The molecule has 6 heteroatoms. The van der Waals surface area contributed by atoms with Crippen LogP contribution in [0.2, 0.25) is 0 Å². The molecule has 2 heterocycles. The molecule has 1 fully saturated rings.